The lowest BCUT2D eigenvalue weighted by Crippen LogP contribution is -2.44. The number of benzene rings is 2. The molecule has 2 aromatic carbocycles. The molecular weight excluding hydrogens is 414 g/mol. The lowest BCUT2D eigenvalue weighted by Gasteiger charge is -2.30. The van der Waals surface area contributed by atoms with Gasteiger partial charge in [0.1, 0.15) is 5.82 Å². The van der Waals surface area contributed by atoms with Gasteiger partial charge in [0.15, 0.2) is 0 Å². The summed E-state index contributed by atoms with van der Waals surface area (Å²) in [6.07, 6.45) is 1.64. The number of nitrogens with two attached hydrogens (primary N) is 1. The Kier molecular flexibility index (Phi) is 6.60. The van der Waals surface area contributed by atoms with E-state index < -0.39 is 0 Å². The first-order valence-corrected chi connectivity index (χ1v) is 11.4. The average molecular weight is 446 g/mol. The number of para-hydroxylation sites is 1. The van der Waals surface area contributed by atoms with E-state index >= 15 is 0 Å². The molecule has 1 aromatic heterocycles. The number of aromatic nitrogens is 2. The molecule has 33 heavy (non-hydrogen) atoms. The van der Waals surface area contributed by atoms with Crippen LogP contribution in [-0.2, 0) is 9.59 Å². The molecule has 0 spiro atoms. The maximum atomic E-state index is 12.9. The fourth-order valence-electron chi connectivity index (χ4n) is 4.42. The van der Waals surface area contributed by atoms with Crippen LogP contribution in [0, 0.1) is 26.7 Å². The summed E-state index contributed by atoms with van der Waals surface area (Å²) >= 11 is 0. The van der Waals surface area contributed by atoms with Crippen molar-refractivity contribution in [3.05, 3.63) is 65.2 Å². The Morgan fingerprint density at radius 2 is 1.79 bits per heavy atom. The first kappa shape index (κ1) is 22.7. The summed E-state index contributed by atoms with van der Waals surface area (Å²) in [7, 11) is 0. The van der Waals surface area contributed by atoms with Gasteiger partial charge < -0.3 is 11.1 Å². The number of carbonyl (C=O) groups excluding carboxylic acids is 2. The Morgan fingerprint density at radius 1 is 1.06 bits per heavy atom. The van der Waals surface area contributed by atoms with Crippen LogP contribution in [0.5, 0.6) is 0 Å². The predicted octanol–water partition coefficient (Wildman–Crippen LogP) is 3.60. The predicted molar refractivity (Wildman–Crippen MR) is 130 cm³/mol. The second-order valence-corrected chi connectivity index (χ2v) is 8.94. The summed E-state index contributed by atoms with van der Waals surface area (Å²) in [5, 5.41) is 7.88. The largest absolute Gasteiger partial charge is 0.369 e. The summed E-state index contributed by atoms with van der Waals surface area (Å²) in [6, 6.07) is 16.0. The number of hydrogen-bond donors (Lipinski definition) is 2. The topological polar surface area (TPSA) is 93.3 Å². The normalized spacial score (nSPS) is 16.5. The first-order valence-electron chi connectivity index (χ1n) is 11.4. The minimum atomic E-state index is -0.296. The van der Waals surface area contributed by atoms with Gasteiger partial charge in [-0.2, -0.15) is 5.10 Å². The highest BCUT2D eigenvalue weighted by atomic mass is 16.2. The van der Waals surface area contributed by atoms with Crippen molar-refractivity contribution in [1.29, 1.82) is 0 Å². The van der Waals surface area contributed by atoms with E-state index in [1.54, 1.807) is 4.68 Å². The van der Waals surface area contributed by atoms with Crippen molar-refractivity contribution in [2.75, 3.05) is 25.0 Å². The van der Waals surface area contributed by atoms with Gasteiger partial charge in [-0.15, -0.1) is 0 Å². The lowest BCUT2D eigenvalue weighted by atomic mass is 9.97. The number of aryl methyl sites for hydroxylation is 3. The SMILES string of the molecule is Cc1cc(C)c(-c2cc(NC(=O)CN3CCCC(C(N)=O)C3)n(-c3ccccc3)n2)cc1C. The van der Waals surface area contributed by atoms with Gasteiger partial charge in [-0.1, -0.05) is 24.3 Å². The number of primary amides is 1. The maximum Gasteiger partial charge on any atom is 0.239 e. The number of amides is 2. The second kappa shape index (κ2) is 9.58. The van der Waals surface area contributed by atoms with Crippen molar-refractivity contribution in [2.24, 2.45) is 11.7 Å². The molecule has 1 atom stereocenters. The number of nitrogens with one attached hydrogen (secondary N) is 1. The Hall–Kier alpha value is -3.45. The van der Waals surface area contributed by atoms with Gasteiger partial charge in [0.2, 0.25) is 11.8 Å². The van der Waals surface area contributed by atoms with Crippen LogP contribution in [0.15, 0.2) is 48.5 Å². The van der Waals surface area contributed by atoms with Crippen molar-refractivity contribution in [2.45, 2.75) is 33.6 Å². The highest BCUT2D eigenvalue weighted by Crippen LogP contribution is 2.29. The summed E-state index contributed by atoms with van der Waals surface area (Å²) in [6.45, 7) is 7.78. The summed E-state index contributed by atoms with van der Waals surface area (Å²) in [5.74, 6) is -0.0146. The first-order chi connectivity index (χ1) is 15.8. The van der Waals surface area contributed by atoms with Crippen molar-refractivity contribution >= 4 is 17.6 Å². The molecule has 0 bridgehead atoms. The monoisotopic (exact) mass is 445 g/mol. The molecule has 3 aromatic rings. The van der Waals surface area contributed by atoms with E-state index in [4.69, 9.17) is 10.8 Å². The van der Waals surface area contributed by atoms with Crippen molar-refractivity contribution in [1.82, 2.24) is 14.7 Å². The van der Waals surface area contributed by atoms with Gasteiger partial charge in [0.25, 0.3) is 0 Å². The highest BCUT2D eigenvalue weighted by Gasteiger charge is 2.25. The fourth-order valence-corrected chi connectivity index (χ4v) is 4.42. The van der Waals surface area contributed by atoms with E-state index in [-0.39, 0.29) is 24.3 Å². The Bertz CT molecular complexity index is 1170. The fraction of sp³-hybridized carbons (Fsp3) is 0.346. The van der Waals surface area contributed by atoms with Gasteiger partial charge in [-0.3, -0.25) is 14.5 Å². The van der Waals surface area contributed by atoms with Gasteiger partial charge in [-0.05, 0) is 75.0 Å². The van der Waals surface area contributed by atoms with Gasteiger partial charge in [-0.25, -0.2) is 4.68 Å². The number of piperidine rings is 1. The molecule has 3 N–H and O–H groups in total. The number of rotatable bonds is 6. The summed E-state index contributed by atoms with van der Waals surface area (Å²) < 4.78 is 1.77. The van der Waals surface area contributed by atoms with Crippen LogP contribution in [0.1, 0.15) is 29.5 Å². The highest BCUT2D eigenvalue weighted by molar-refractivity contribution is 5.92. The second-order valence-electron chi connectivity index (χ2n) is 8.94. The van der Waals surface area contributed by atoms with Crippen LogP contribution >= 0.6 is 0 Å². The molecule has 1 aliphatic heterocycles. The van der Waals surface area contributed by atoms with Crippen LogP contribution in [0.4, 0.5) is 5.82 Å². The molecule has 2 amide bonds. The quantitative estimate of drug-likeness (QED) is 0.606. The standard InChI is InChI=1S/C26H31N5O2/c1-17-12-19(3)22(13-18(17)2)23-14-24(31(29-23)21-9-5-4-6-10-21)28-25(32)16-30-11-7-8-20(15-30)26(27)33/h4-6,9-10,12-14,20H,7-8,11,15-16H2,1-3H3,(H2,27,33)(H,28,32). The minimum absolute atomic E-state index is 0.138. The average Bonchev–Trinajstić information content (AvgIpc) is 3.20. The molecule has 2 heterocycles. The molecular formula is C26H31N5O2. The van der Waals surface area contributed by atoms with Crippen molar-refractivity contribution in [3.8, 4) is 16.9 Å². The zero-order valence-corrected chi connectivity index (χ0v) is 19.5. The number of anilines is 1. The van der Waals surface area contributed by atoms with Crippen LogP contribution in [0.25, 0.3) is 16.9 Å². The third kappa shape index (κ3) is 5.14. The van der Waals surface area contributed by atoms with Crippen molar-refractivity contribution in [3.63, 3.8) is 0 Å². The lowest BCUT2D eigenvalue weighted by molar-refractivity contribution is -0.125. The zero-order chi connectivity index (χ0) is 23.5. The number of hydrogen-bond acceptors (Lipinski definition) is 4. The smallest absolute Gasteiger partial charge is 0.239 e. The number of likely N-dealkylation sites (tertiary alicyclic amines) is 1. The van der Waals surface area contributed by atoms with Gasteiger partial charge in [0.05, 0.1) is 23.8 Å². The van der Waals surface area contributed by atoms with Crippen LogP contribution in [0.2, 0.25) is 0 Å². The van der Waals surface area contributed by atoms with Crippen LogP contribution in [-0.4, -0.2) is 46.1 Å². The van der Waals surface area contributed by atoms with Crippen LogP contribution in [0.3, 0.4) is 0 Å². The summed E-state index contributed by atoms with van der Waals surface area (Å²) in [5.41, 5.74) is 11.8. The molecule has 1 fully saturated rings. The summed E-state index contributed by atoms with van der Waals surface area (Å²) in [4.78, 5) is 26.5. The van der Waals surface area contributed by atoms with Gasteiger partial charge >= 0.3 is 0 Å². The van der Waals surface area contributed by atoms with Crippen LogP contribution < -0.4 is 11.1 Å². The molecule has 7 nitrogen and oxygen atoms in total. The zero-order valence-electron chi connectivity index (χ0n) is 19.5. The number of carbonyl (C=O) groups is 2. The molecule has 1 aliphatic rings. The Labute approximate surface area is 194 Å². The Morgan fingerprint density at radius 3 is 2.52 bits per heavy atom. The van der Waals surface area contributed by atoms with E-state index in [0.29, 0.717) is 12.4 Å². The molecule has 0 aliphatic carbocycles. The number of nitrogens with zero attached hydrogens (tertiary/aromatic N) is 3. The molecule has 0 radical (unpaired) electrons. The third-order valence-corrected chi connectivity index (χ3v) is 6.37. The van der Waals surface area contributed by atoms with E-state index in [1.165, 1.54) is 11.1 Å². The van der Waals surface area contributed by atoms with Crippen molar-refractivity contribution < 1.29 is 9.59 Å². The molecule has 1 saturated heterocycles. The van der Waals surface area contributed by atoms with E-state index in [2.05, 4.69) is 38.2 Å². The molecule has 7 heteroatoms. The Balaban J connectivity index is 1.61. The van der Waals surface area contributed by atoms with E-state index in [9.17, 15) is 9.59 Å². The van der Waals surface area contributed by atoms with Gasteiger partial charge in [0, 0.05) is 18.2 Å². The van der Waals surface area contributed by atoms with E-state index in [0.717, 1.165) is 41.9 Å². The maximum absolute atomic E-state index is 12.9. The third-order valence-electron chi connectivity index (χ3n) is 6.37. The minimum Gasteiger partial charge on any atom is -0.369 e. The molecule has 4 rings (SSSR count). The molecule has 1 unspecified atom stereocenters. The molecule has 0 saturated carbocycles. The van der Waals surface area contributed by atoms with E-state index in [1.807, 2.05) is 41.3 Å². The molecule has 172 valence electrons.